The van der Waals surface area contributed by atoms with Gasteiger partial charge in [-0.1, -0.05) is 18.2 Å². The summed E-state index contributed by atoms with van der Waals surface area (Å²) in [4.78, 5) is 16.0. The maximum absolute atomic E-state index is 13.8. The number of halogens is 2. The highest BCUT2D eigenvalue weighted by Gasteiger charge is 2.22. The van der Waals surface area contributed by atoms with Gasteiger partial charge in [-0.3, -0.25) is 9.69 Å². The number of methoxy groups -OCH3 is 1. The number of likely N-dealkylation sites (N-methyl/N-ethyl adjacent to an activating group) is 2. The Bertz CT molecular complexity index is 767. The summed E-state index contributed by atoms with van der Waals surface area (Å²) in [5, 5.41) is 0. The molecule has 1 atom stereocenters. The molecule has 0 aromatic heterocycles. The van der Waals surface area contributed by atoms with Crippen LogP contribution in [0.4, 0.5) is 8.78 Å². The maximum atomic E-state index is 13.8. The van der Waals surface area contributed by atoms with Gasteiger partial charge in [-0.25, -0.2) is 8.78 Å². The predicted molar refractivity (Wildman–Crippen MR) is 96.8 cm³/mol. The fourth-order valence-corrected chi connectivity index (χ4v) is 2.73. The third-order valence-corrected chi connectivity index (χ3v) is 4.35. The number of carbonyl (C=O) groups is 1. The van der Waals surface area contributed by atoms with E-state index in [4.69, 9.17) is 4.74 Å². The topological polar surface area (TPSA) is 32.8 Å². The highest BCUT2D eigenvalue weighted by atomic mass is 19.1. The summed E-state index contributed by atoms with van der Waals surface area (Å²) in [6, 6.07) is 10.6. The molecule has 0 saturated heterocycles. The number of amides is 1. The molecule has 0 heterocycles. The van der Waals surface area contributed by atoms with Crippen molar-refractivity contribution in [2.24, 2.45) is 0 Å². The van der Waals surface area contributed by atoms with E-state index in [1.54, 1.807) is 37.1 Å². The summed E-state index contributed by atoms with van der Waals surface area (Å²) in [6.45, 7) is 2.54. The second kappa shape index (κ2) is 8.76. The minimum absolute atomic E-state index is 0.0971. The first-order valence-corrected chi connectivity index (χ1v) is 8.34. The van der Waals surface area contributed by atoms with Crippen LogP contribution in [0.15, 0.2) is 42.5 Å². The van der Waals surface area contributed by atoms with Crippen LogP contribution in [0.2, 0.25) is 0 Å². The molecule has 2 rings (SSSR count). The molecule has 1 amide bonds. The van der Waals surface area contributed by atoms with Crippen molar-refractivity contribution in [3.05, 3.63) is 65.2 Å². The molecule has 0 aliphatic heterocycles. The second-order valence-electron chi connectivity index (χ2n) is 6.38. The molecule has 6 heteroatoms. The zero-order valence-corrected chi connectivity index (χ0v) is 15.5. The molecule has 0 radical (unpaired) electrons. The van der Waals surface area contributed by atoms with Crippen LogP contribution < -0.4 is 4.74 Å². The van der Waals surface area contributed by atoms with Crippen LogP contribution in [0.1, 0.15) is 18.1 Å². The van der Waals surface area contributed by atoms with E-state index in [1.807, 2.05) is 18.0 Å². The first-order chi connectivity index (χ1) is 12.3. The summed E-state index contributed by atoms with van der Waals surface area (Å²) in [5.74, 6) is -0.679. The van der Waals surface area contributed by atoms with Crippen molar-refractivity contribution in [1.82, 2.24) is 9.80 Å². The lowest BCUT2D eigenvalue weighted by atomic mass is 10.1. The number of rotatable bonds is 7. The van der Waals surface area contributed by atoms with Gasteiger partial charge in [-0.2, -0.15) is 0 Å². The van der Waals surface area contributed by atoms with Crippen LogP contribution in [-0.4, -0.2) is 43.0 Å². The van der Waals surface area contributed by atoms with Crippen molar-refractivity contribution >= 4 is 5.91 Å². The van der Waals surface area contributed by atoms with Crippen molar-refractivity contribution in [1.29, 1.82) is 0 Å². The zero-order valence-electron chi connectivity index (χ0n) is 15.5. The van der Waals surface area contributed by atoms with Crippen molar-refractivity contribution < 1.29 is 18.3 Å². The molecule has 0 aliphatic carbocycles. The fourth-order valence-electron chi connectivity index (χ4n) is 2.73. The fraction of sp³-hybridized carbons (Fsp3) is 0.350. The van der Waals surface area contributed by atoms with E-state index in [1.165, 1.54) is 25.3 Å². The molecule has 2 aromatic carbocycles. The maximum Gasteiger partial charge on any atom is 0.239 e. The molecule has 1 unspecified atom stereocenters. The van der Waals surface area contributed by atoms with Crippen molar-refractivity contribution in [2.45, 2.75) is 26.1 Å². The van der Waals surface area contributed by atoms with E-state index in [0.29, 0.717) is 12.1 Å². The van der Waals surface area contributed by atoms with Gasteiger partial charge in [0.05, 0.1) is 13.2 Å². The van der Waals surface area contributed by atoms with Gasteiger partial charge < -0.3 is 9.64 Å². The van der Waals surface area contributed by atoms with Gasteiger partial charge in [-0.05, 0) is 49.4 Å². The predicted octanol–water partition coefficient (Wildman–Crippen LogP) is 3.45. The third-order valence-electron chi connectivity index (χ3n) is 4.35. The average Bonchev–Trinajstić information content (AvgIpc) is 2.60. The summed E-state index contributed by atoms with van der Waals surface area (Å²) < 4.78 is 32.0. The quantitative estimate of drug-likeness (QED) is 0.756. The van der Waals surface area contributed by atoms with Crippen molar-refractivity contribution in [3.8, 4) is 5.75 Å². The van der Waals surface area contributed by atoms with Crippen LogP contribution in [-0.2, 0) is 17.9 Å². The Morgan fingerprint density at radius 2 is 1.77 bits per heavy atom. The number of hydrogen-bond donors (Lipinski definition) is 0. The number of ether oxygens (including phenoxy) is 1. The molecule has 26 heavy (non-hydrogen) atoms. The van der Waals surface area contributed by atoms with Gasteiger partial charge in [-0.15, -0.1) is 0 Å². The minimum atomic E-state index is -0.456. The van der Waals surface area contributed by atoms with Gasteiger partial charge in [0.1, 0.15) is 5.82 Å². The van der Waals surface area contributed by atoms with Gasteiger partial charge in [0.2, 0.25) is 5.91 Å². The lowest BCUT2D eigenvalue weighted by Gasteiger charge is -2.28. The highest BCUT2D eigenvalue weighted by molar-refractivity contribution is 5.81. The lowest BCUT2D eigenvalue weighted by molar-refractivity contribution is -0.135. The Morgan fingerprint density at radius 3 is 2.38 bits per heavy atom. The zero-order chi connectivity index (χ0) is 19.3. The Hall–Kier alpha value is -2.47. The van der Waals surface area contributed by atoms with E-state index in [9.17, 15) is 13.6 Å². The van der Waals surface area contributed by atoms with Gasteiger partial charge in [0.25, 0.3) is 0 Å². The molecule has 0 aliphatic rings. The highest BCUT2D eigenvalue weighted by Crippen LogP contribution is 2.19. The molecule has 140 valence electrons. The summed E-state index contributed by atoms with van der Waals surface area (Å²) in [7, 11) is 4.90. The summed E-state index contributed by atoms with van der Waals surface area (Å²) in [6.07, 6.45) is 0. The first-order valence-electron chi connectivity index (χ1n) is 8.34. The Balaban J connectivity index is 1.98. The van der Waals surface area contributed by atoms with Crippen molar-refractivity contribution in [3.63, 3.8) is 0 Å². The molecule has 0 saturated carbocycles. The monoisotopic (exact) mass is 362 g/mol. The molecule has 0 spiro atoms. The van der Waals surface area contributed by atoms with Crippen LogP contribution in [0.5, 0.6) is 5.75 Å². The largest absolute Gasteiger partial charge is 0.494 e. The van der Waals surface area contributed by atoms with E-state index < -0.39 is 11.9 Å². The van der Waals surface area contributed by atoms with Gasteiger partial charge in [0.15, 0.2) is 11.6 Å². The van der Waals surface area contributed by atoms with E-state index in [-0.39, 0.29) is 24.0 Å². The smallest absolute Gasteiger partial charge is 0.239 e. The standard InChI is InChI=1S/C20H24F2N2O2/c1-14(23(2)12-15-6-5-7-17(21)10-15)20(25)24(3)13-16-8-9-19(26-4)18(22)11-16/h5-11,14H,12-13H2,1-4H3. The molecule has 2 aromatic rings. The Kier molecular flexibility index (Phi) is 6.69. The third kappa shape index (κ3) is 5.02. The van der Waals surface area contributed by atoms with Crippen molar-refractivity contribution in [2.75, 3.05) is 21.2 Å². The van der Waals surface area contributed by atoms with E-state index >= 15 is 0 Å². The number of benzene rings is 2. The van der Waals surface area contributed by atoms with E-state index in [0.717, 1.165) is 5.56 Å². The molecule has 4 nitrogen and oxygen atoms in total. The van der Waals surface area contributed by atoms with Crippen LogP contribution in [0, 0.1) is 11.6 Å². The Labute approximate surface area is 153 Å². The molecular weight excluding hydrogens is 338 g/mol. The SMILES string of the molecule is COc1ccc(CN(C)C(=O)C(C)N(C)Cc2cccc(F)c2)cc1F. The first kappa shape index (κ1) is 19.8. The minimum Gasteiger partial charge on any atom is -0.494 e. The molecule has 0 bridgehead atoms. The van der Waals surface area contributed by atoms with Gasteiger partial charge >= 0.3 is 0 Å². The van der Waals surface area contributed by atoms with E-state index in [2.05, 4.69) is 0 Å². The molecule has 0 N–H and O–H groups in total. The normalized spacial score (nSPS) is 12.1. The summed E-state index contributed by atoms with van der Waals surface area (Å²) >= 11 is 0. The Morgan fingerprint density at radius 1 is 1.08 bits per heavy atom. The number of carbonyl (C=O) groups excluding carboxylic acids is 1. The summed E-state index contributed by atoms with van der Waals surface area (Å²) in [5.41, 5.74) is 1.48. The average molecular weight is 362 g/mol. The molecule has 0 fully saturated rings. The number of hydrogen-bond acceptors (Lipinski definition) is 3. The van der Waals surface area contributed by atoms with Crippen LogP contribution >= 0.6 is 0 Å². The second-order valence-corrected chi connectivity index (χ2v) is 6.38. The lowest BCUT2D eigenvalue weighted by Crippen LogP contribution is -2.43. The van der Waals surface area contributed by atoms with Gasteiger partial charge in [0, 0.05) is 20.1 Å². The molecular formula is C20H24F2N2O2. The van der Waals surface area contributed by atoms with Crippen LogP contribution in [0.25, 0.3) is 0 Å². The number of nitrogens with zero attached hydrogens (tertiary/aromatic N) is 2. The van der Waals surface area contributed by atoms with Crippen LogP contribution in [0.3, 0.4) is 0 Å².